The van der Waals surface area contributed by atoms with Gasteiger partial charge >= 0.3 is 0 Å². The van der Waals surface area contributed by atoms with Crippen LogP contribution in [0.2, 0.25) is 0 Å². The van der Waals surface area contributed by atoms with E-state index in [4.69, 9.17) is 5.73 Å². The Hall–Kier alpha value is -1.08. The van der Waals surface area contributed by atoms with Gasteiger partial charge in [0.25, 0.3) is 0 Å². The van der Waals surface area contributed by atoms with E-state index in [1.165, 1.54) is 25.1 Å². The van der Waals surface area contributed by atoms with Gasteiger partial charge in [-0.1, -0.05) is 13.3 Å². The van der Waals surface area contributed by atoms with Crippen molar-refractivity contribution in [3.8, 4) is 0 Å². The molecule has 0 aromatic heterocycles. The van der Waals surface area contributed by atoms with E-state index in [2.05, 4.69) is 21.2 Å². The first-order chi connectivity index (χ1) is 9.70. The number of hydrogen-bond acceptors (Lipinski definition) is 4. The lowest BCUT2D eigenvalue weighted by molar-refractivity contribution is -0.121. The molecule has 0 saturated carbocycles. The van der Waals surface area contributed by atoms with Crippen LogP contribution in [0.3, 0.4) is 0 Å². The van der Waals surface area contributed by atoms with Crippen molar-refractivity contribution < 1.29 is 13.2 Å². The van der Waals surface area contributed by atoms with Crippen LogP contribution in [0, 0.1) is 0 Å². The largest absolute Gasteiger partial charge is 0.399 e. The van der Waals surface area contributed by atoms with Crippen LogP contribution in [-0.2, 0) is 14.6 Å². The van der Waals surface area contributed by atoms with Gasteiger partial charge in [0.2, 0.25) is 5.91 Å². The summed E-state index contributed by atoms with van der Waals surface area (Å²) in [6.07, 6.45) is 1.73. The number of rotatable bonds is 6. The third kappa shape index (κ3) is 4.44. The van der Waals surface area contributed by atoms with E-state index >= 15 is 0 Å². The van der Waals surface area contributed by atoms with E-state index in [1.807, 2.05) is 13.8 Å². The fourth-order valence-electron chi connectivity index (χ4n) is 1.94. The summed E-state index contributed by atoms with van der Waals surface area (Å²) in [6, 6.07) is 4.38. The first-order valence-corrected chi connectivity index (χ1v) is 9.13. The zero-order valence-corrected chi connectivity index (χ0v) is 14.8. The minimum atomic E-state index is -3.76. The molecule has 118 valence electrons. The molecule has 1 amide bonds. The molecule has 0 bridgehead atoms. The summed E-state index contributed by atoms with van der Waals surface area (Å²) in [6.45, 7) is 5.26. The van der Waals surface area contributed by atoms with Crippen molar-refractivity contribution in [3.63, 3.8) is 0 Å². The van der Waals surface area contributed by atoms with Gasteiger partial charge in [-0.05, 0) is 54.4 Å². The number of hydrogen-bond donors (Lipinski definition) is 2. The van der Waals surface area contributed by atoms with Crippen molar-refractivity contribution in [2.24, 2.45) is 0 Å². The molecule has 1 aromatic rings. The minimum Gasteiger partial charge on any atom is -0.399 e. The van der Waals surface area contributed by atoms with Crippen molar-refractivity contribution in [2.75, 3.05) is 5.73 Å². The lowest BCUT2D eigenvalue weighted by atomic mass is 10.2. The highest BCUT2D eigenvalue weighted by Crippen LogP contribution is 2.27. The third-order valence-electron chi connectivity index (χ3n) is 3.21. The predicted molar refractivity (Wildman–Crippen MR) is 87.7 cm³/mol. The molecular weight excluding hydrogens is 356 g/mol. The number of nitrogen functional groups attached to an aromatic ring is 1. The van der Waals surface area contributed by atoms with Crippen LogP contribution in [-0.4, -0.2) is 25.6 Å². The molecule has 0 spiro atoms. The zero-order valence-electron chi connectivity index (χ0n) is 12.4. The molecule has 0 saturated heterocycles. The fraction of sp³-hybridized carbons (Fsp3) is 0.500. The molecule has 3 N–H and O–H groups in total. The standard InChI is InChI=1S/C14H21BrN2O3S/c1-4-5-9(2)17-14(18)10(3)21(19,20)13-7-6-11(16)8-12(13)15/h6-10H,4-5,16H2,1-3H3,(H,17,18). The maximum Gasteiger partial charge on any atom is 0.238 e. The number of nitrogens with one attached hydrogen (secondary N) is 1. The quantitative estimate of drug-likeness (QED) is 0.746. The summed E-state index contributed by atoms with van der Waals surface area (Å²) in [5.74, 6) is -0.486. The Morgan fingerprint density at radius 3 is 2.52 bits per heavy atom. The molecule has 0 aliphatic rings. The molecular formula is C14H21BrN2O3S. The Morgan fingerprint density at radius 2 is 2.00 bits per heavy atom. The SMILES string of the molecule is CCCC(C)NC(=O)C(C)S(=O)(=O)c1ccc(N)cc1Br. The van der Waals surface area contributed by atoms with Crippen LogP contribution in [0.15, 0.2) is 27.6 Å². The molecule has 1 rings (SSSR count). The molecule has 21 heavy (non-hydrogen) atoms. The highest BCUT2D eigenvalue weighted by Gasteiger charge is 2.31. The number of halogens is 1. The molecule has 1 aromatic carbocycles. The molecule has 7 heteroatoms. The Bertz CT molecular complexity index is 617. The van der Waals surface area contributed by atoms with Crippen LogP contribution in [0.1, 0.15) is 33.6 Å². The maximum absolute atomic E-state index is 12.5. The van der Waals surface area contributed by atoms with E-state index < -0.39 is 21.0 Å². The molecule has 0 fully saturated rings. The summed E-state index contributed by atoms with van der Waals surface area (Å²) in [7, 11) is -3.76. The van der Waals surface area contributed by atoms with E-state index in [0.29, 0.717) is 10.2 Å². The number of carbonyl (C=O) groups excluding carboxylic acids is 1. The van der Waals surface area contributed by atoms with Crippen molar-refractivity contribution in [3.05, 3.63) is 22.7 Å². The monoisotopic (exact) mass is 376 g/mol. The smallest absolute Gasteiger partial charge is 0.238 e. The van der Waals surface area contributed by atoms with E-state index in [1.54, 1.807) is 0 Å². The molecule has 0 aliphatic carbocycles. The fourth-order valence-corrected chi connectivity index (χ4v) is 4.34. The summed E-state index contributed by atoms with van der Waals surface area (Å²) in [5, 5.41) is 1.57. The normalized spacial score (nSPS) is 14.5. The second-order valence-corrected chi connectivity index (χ2v) is 8.17. The molecule has 2 unspecified atom stereocenters. The summed E-state index contributed by atoms with van der Waals surface area (Å²) < 4.78 is 25.4. The molecule has 0 radical (unpaired) electrons. The van der Waals surface area contributed by atoms with Crippen molar-refractivity contribution in [1.29, 1.82) is 0 Å². The Labute approximate surface area is 134 Å². The van der Waals surface area contributed by atoms with E-state index in [0.717, 1.165) is 12.8 Å². The van der Waals surface area contributed by atoms with Gasteiger partial charge in [-0.25, -0.2) is 8.42 Å². The second-order valence-electron chi connectivity index (χ2n) is 5.08. The van der Waals surface area contributed by atoms with Crippen LogP contribution in [0.25, 0.3) is 0 Å². The molecule has 2 atom stereocenters. The van der Waals surface area contributed by atoms with Crippen molar-refractivity contribution in [2.45, 2.75) is 49.8 Å². The lowest BCUT2D eigenvalue weighted by Crippen LogP contribution is -2.42. The lowest BCUT2D eigenvalue weighted by Gasteiger charge is -2.18. The van der Waals surface area contributed by atoms with Gasteiger partial charge in [-0.3, -0.25) is 4.79 Å². The van der Waals surface area contributed by atoms with Gasteiger partial charge in [-0.15, -0.1) is 0 Å². The van der Waals surface area contributed by atoms with Gasteiger partial charge in [-0.2, -0.15) is 0 Å². The molecule has 5 nitrogen and oxygen atoms in total. The Kier molecular flexibility index (Phi) is 6.22. The van der Waals surface area contributed by atoms with Gasteiger partial charge in [0, 0.05) is 16.2 Å². The first kappa shape index (κ1) is 18.0. The van der Waals surface area contributed by atoms with Gasteiger partial charge < -0.3 is 11.1 Å². The van der Waals surface area contributed by atoms with Crippen LogP contribution < -0.4 is 11.1 Å². The first-order valence-electron chi connectivity index (χ1n) is 6.79. The highest BCUT2D eigenvalue weighted by molar-refractivity contribution is 9.10. The van der Waals surface area contributed by atoms with Crippen LogP contribution >= 0.6 is 15.9 Å². The third-order valence-corrected chi connectivity index (χ3v) is 6.24. The number of carbonyl (C=O) groups is 1. The Balaban J connectivity index is 2.99. The second kappa shape index (κ2) is 7.26. The van der Waals surface area contributed by atoms with E-state index in [-0.39, 0.29) is 10.9 Å². The molecule has 0 aliphatic heterocycles. The van der Waals surface area contributed by atoms with Gasteiger partial charge in [0.15, 0.2) is 9.84 Å². The zero-order chi connectivity index (χ0) is 16.2. The summed E-state index contributed by atoms with van der Waals surface area (Å²) in [4.78, 5) is 12.2. The van der Waals surface area contributed by atoms with E-state index in [9.17, 15) is 13.2 Å². The number of anilines is 1. The van der Waals surface area contributed by atoms with Crippen LogP contribution in [0.4, 0.5) is 5.69 Å². The highest BCUT2D eigenvalue weighted by atomic mass is 79.9. The van der Waals surface area contributed by atoms with Gasteiger partial charge in [0.05, 0.1) is 4.90 Å². The van der Waals surface area contributed by atoms with Crippen LogP contribution in [0.5, 0.6) is 0 Å². The average Bonchev–Trinajstić information content (AvgIpc) is 2.37. The predicted octanol–water partition coefficient (Wildman–Crippen LogP) is 2.50. The Morgan fingerprint density at radius 1 is 1.38 bits per heavy atom. The summed E-state index contributed by atoms with van der Waals surface area (Å²) in [5.41, 5.74) is 6.06. The maximum atomic E-state index is 12.5. The number of benzene rings is 1. The number of nitrogens with two attached hydrogens (primary N) is 1. The van der Waals surface area contributed by atoms with Crippen molar-refractivity contribution in [1.82, 2.24) is 5.32 Å². The number of amides is 1. The topological polar surface area (TPSA) is 89.3 Å². The average molecular weight is 377 g/mol. The minimum absolute atomic E-state index is 0.0463. The molecule has 0 heterocycles. The number of sulfone groups is 1. The van der Waals surface area contributed by atoms with Gasteiger partial charge in [0.1, 0.15) is 5.25 Å². The summed E-state index contributed by atoms with van der Waals surface area (Å²) >= 11 is 3.19. The van der Waals surface area contributed by atoms with Crippen molar-refractivity contribution >= 4 is 37.4 Å².